The van der Waals surface area contributed by atoms with E-state index in [1.807, 2.05) is 4.90 Å². The van der Waals surface area contributed by atoms with Gasteiger partial charge in [-0.15, -0.1) is 0 Å². The van der Waals surface area contributed by atoms with Crippen LogP contribution in [0.4, 0.5) is 44.7 Å². The van der Waals surface area contributed by atoms with Crippen molar-refractivity contribution >= 4 is 63.7 Å². The van der Waals surface area contributed by atoms with Crippen LogP contribution in [0.2, 0.25) is 0 Å². The van der Waals surface area contributed by atoms with Crippen molar-refractivity contribution in [2.45, 2.75) is 57.3 Å². The molecule has 0 radical (unpaired) electrons. The minimum atomic E-state index is -4.95. The highest BCUT2D eigenvalue weighted by Gasteiger charge is 2.51. The third-order valence-corrected chi connectivity index (χ3v) is 10.5. The number of hydrogen-bond donors (Lipinski definition) is 3. The summed E-state index contributed by atoms with van der Waals surface area (Å²) >= 11 is 5.54. The van der Waals surface area contributed by atoms with Crippen LogP contribution in [0.15, 0.2) is 54.7 Å². The van der Waals surface area contributed by atoms with Crippen molar-refractivity contribution < 1.29 is 45.9 Å². The van der Waals surface area contributed by atoms with Gasteiger partial charge in [-0.05, 0) is 75.0 Å². The highest BCUT2D eigenvalue weighted by atomic mass is 32.1. The Bertz CT molecular complexity index is 2200. The molecule has 0 saturated carbocycles. The Morgan fingerprint density at radius 1 is 1.00 bits per heavy atom. The summed E-state index contributed by atoms with van der Waals surface area (Å²) in [6.07, 6.45) is -3.43. The molecule has 1 aromatic heterocycles. The lowest BCUT2D eigenvalue weighted by atomic mass is 10.0. The lowest BCUT2D eigenvalue weighted by Gasteiger charge is -2.34. The van der Waals surface area contributed by atoms with E-state index in [1.54, 1.807) is 24.3 Å². The summed E-state index contributed by atoms with van der Waals surface area (Å²) in [5.74, 6) is -5.19. The fraction of sp³-hybridized carbons (Fsp3) is 0.410. The molecule has 3 N–H and O–H groups in total. The molecule has 0 aliphatic carbocycles. The lowest BCUT2D eigenvalue weighted by molar-refractivity contribution is -0.138. The second kappa shape index (κ2) is 16.8. The zero-order valence-electron chi connectivity index (χ0n) is 32.2. The number of aromatic nitrogens is 1. The van der Waals surface area contributed by atoms with E-state index in [1.165, 1.54) is 36.9 Å². The van der Waals surface area contributed by atoms with E-state index < -0.39 is 52.3 Å². The quantitative estimate of drug-likeness (QED) is 0.129. The van der Waals surface area contributed by atoms with Crippen molar-refractivity contribution in [1.29, 1.82) is 5.26 Å². The monoisotopic (exact) mass is 841 g/mol. The van der Waals surface area contributed by atoms with Crippen molar-refractivity contribution in [3.8, 4) is 11.8 Å². The Hall–Kier alpha value is -5.78. The summed E-state index contributed by atoms with van der Waals surface area (Å²) in [6, 6.07) is 12.3. The van der Waals surface area contributed by atoms with Gasteiger partial charge in [-0.3, -0.25) is 39.2 Å². The smallest absolute Gasteiger partial charge is 0.419 e. The average Bonchev–Trinajstić information content (AvgIpc) is 3.34. The van der Waals surface area contributed by atoms with Crippen LogP contribution < -0.4 is 30.5 Å². The molecule has 3 aliphatic heterocycles. The Balaban J connectivity index is 1.03. The van der Waals surface area contributed by atoms with E-state index in [-0.39, 0.29) is 53.6 Å². The third-order valence-electron chi connectivity index (χ3n) is 10.1. The zero-order valence-corrected chi connectivity index (χ0v) is 33.0. The third kappa shape index (κ3) is 9.58. The highest BCUT2D eigenvalue weighted by molar-refractivity contribution is 7.81. The molecular formula is C39H40F5N9O5S. The first-order valence-electron chi connectivity index (χ1n) is 18.5. The molecule has 3 aliphatic rings. The molecular weight excluding hydrogens is 802 g/mol. The number of thiocarbonyl (C=S) groups is 1. The van der Waals surface area contributed by atoms with E-state index in [0.29, 0.717) is 63.5 Å². The number of pyridine rings is 1. The molecule has 4 amide bonds. The van der Waals surface area contributed by atoms with Gasteiger partial charge in [0, 0.05) is 63.1 Å². The number of alkyl halides is 5. The number of nitriles is 1. The van der Waals surface area contributed by atoms with Gasteiger partial charge in [0.15, 0.2) is 10.8 Å². The molecule has 6 rings (SSSR count). The Morgan fingerprint density at radius 2 is 1.68 bits per heavy atom. The van der Waals surface area contributed by atoms with Crippen molar-refractivity contribution in [2.75, 3.05) is 66.3 Å². The van der Waals surface area contributed by atoms with E-state index >= 15 is 8.78 Å². The zero-order chi connectivity index (χ0) is 42.9. The predicted molar refractivity (Wildman–Crippen MR) is 210 cm³/mol. The first-order chi connectivity index (χ1) is 27.8. The van der Waals surface area contributed by atoms with Gasteiger partial charge in [-0.25, -0.2) is 13.8 Å². The molecule has 3 saturated heterocycles. The van der Waals surface area contributed by atoms with Gasteiger partial charge < -0.3 is 20.3 Å². The van der Waals surface area contributed by atoms with Crippen LogP contribution in [0.5, 0.6) is 5.75 Å². The number of anilines is 4. The molecule has 4 heterocycles. The van der Waals surface area contributed by atoms with E-state index in [4.69, 9.17) is 22.2 Å². The van der Waals surface area contributed by atoms with Crippen LogP contribution in [0.3, 0.4) is 0 Å². The number of halogens is 5. The van der Waals surface area contributed by atoms with Crippen LogP contribution >= 0.6 is 12.2 Å². The number of piperidine rings is 1. The minimum Gasteiger partial charge on any atom is -0.492 e. The number of rotatable bonds is 12. The van der Waals surface area contributed by atoms with Gasteiger partial charge in [-0.2, -0.15) is 18.4 Å². The molecule has 0 bridgehead atoms. The standard InChI is InChI=1S/C39H40F5N9O5S/c1-37(2)35(57)52(26-19-27(39(42,43)44)30(20-45)46-21-26)36(59)53(37)25-7-9-31(28(18-25)38(3,40)41)58-16-15-50-11-13-51(14-12-50)22-33(55)48-24-6-4-5-23(17-24)47-29-8-10-32(54)49-34(29)56/h4-7,9,17-19,21,29,47H,8,10-16,22H2,1-3H3,(H,48,55)(H,49,54,56). The number of benzene rings is 2. The van der Waals surface area contributed by atoms with E-state index in [2.05, 4.69) is 25.8 Å². The Labute approximate surface area is 341 Å². The number of nitrogens with zero attached hydrogens (tertiary/aromatic N) is 6. The van der Waals surface area contributed by atoms with E-state index in [0.717, 1.165) is 17.2 Å². The molecule has 2 aromatic carbocycles. The minimum absolute atomic E-state index is 0.0548. The number of carbonyl (C=O) groups excluding carboxylic acids is 4. The number of ether oxygens (including phenoxy) is 1. The first kappa shape index (κ1) is 42.8. The first-order valence-corrected chi connectivity index (χ1v) is 18.9. The van der Waals surface area contributed by atoms with Gasteiger partial charge in [0.25, 0.3) is 11.8 Å². The largest absolute Gasteiger partial charge is 0.492 e. The molecule has 3 fully saturated rings. The maximum atomic E-state index is 15.1. The van der Waals surface area contributed by atoms with Gasteiger partial charge in [0.2, 0.25) is 17.7 Å². The molecule has 1 atom stereocenters. The molecule has 14 nitrogen and oxygen atoms in total. The molecule has 0 spiro atoms. The van der Waals surface area contributed by atoms with Gasteiger partial charge in [-0.1, -0.05) is 6.07 Å². The predicted octanol–water partition coefficient (Wildman–Crippen LogP) is 4.85. The number of nitrogens with one attached hydrogen (secondary N) is 3. The van der Waals surface area contributed by atoms with Crippen LogP contribution in [0.1, 0.15) is 50.4 Å². The van der Waals surface area contributed by atoms with Crippen molar-refractivity contribution in [2.24, 2.45) is 0 Å². The summed E-state index contributed by atoms with van der Waals surface area (Å²) in [5.41, 5.74) is -3.35. The van der Waals surface area contributed by atoms with E-state index in [9.17, 15) is 32.3 Å². The van der Waals surface area contributed by atoms with Crippen molar-refractivity contribution in [3.05, 3.63) is 71.5 Å². The van der Waals surface area contributed by atoms with Crippen LogP contribution in [0, 0.1) is 11.3 Å². The maximum Gasteiger partial charge on any atom is 0.419 e. The average molecular weight is 842 g/mol. The molecule has 59 heavy (non-hydrogen) atoms. The van der Waals surface area contributed by atoms with Gasteiger partial charge in [0.05, 0.1) is 29.6 Å². The number of hydrogen-bond acceptors (Lipinski definition) is 11. The topological polar surface area (TPSA) is 163 Å². The Kier molecular flexibility index (Phi) is 12.2. The number of piperazine rings is 1. The molecule has 312 valence electrons. The molecule has 3 aromatic rings. The number of imide groups is 1. The van der Waals surface area contributed by atoms with Crippen molar-refractivity contribution in [1.82, 2.24) is 20.1 Å². The molecule has 1 unspecified atom stereocenters. The number of carbonyl (C=O) groups is 4. The summed E-state index contributed by atoms with van der Waals surface area (Å²) < 4.78 is 77.2. The summed E-state index contributed by atoms with van der Waals surface area (Å²) in [7, 11) is 0. The van der Waals surface area contributed by atoms with Gasteiger partial charge in [0.1, 0.15) is 30.0 Å². The summed E-state index contributed by atoms with van der Waals surface area (Å²) in [5, 5.41) is 17.1. The normalized spacial score (nSPS) is 19.1. The highest BCUT2D eigenvalue weighted by Crippen LogP contribution is 2.42. The summed E-state index contributed by atoms with van der Waals surface area (Å²) in [6.45, 7) is 6.48. The van der Waals surface area contributed by atoms with Crippen molar-refractivity contribution in [3.63, 3.8) is 0 Å². The maximum absolute atomic E-state index is 15.1. The van der Waals surface area contributed by atoms with Gasteiger partial charge >= 0.3 is 6.18 Å². The second-order valence-electron chi connectivity index (χ2n) is 14.8. The fourth-order valence-corrected chi connectivity index (χ4v) is 7.56. The van der Waals surface area contributed by atoms with Crippen LogP contribution in [-0.4, -0.2) is 101 Å². The number of amides is 4. The molecule has 20 heteroatoms. The van der Waals surface area contributed by atoms with Crippen LogP contribution in [0.25, 0.3) is 0 Å². The lowest BCUT2D eigenvalue weighted by Crippen LogP contribution is -2.49. The van der Waals surface area contributed by atoms with Crippen LogP contribution in [-0.2, 0) is 31.3 Å². The SMILES string of the molecule is CC(F)(F)c1cc(N2C(=S)N(c3cnc(C#N)c(C(F)(F)F)c3)C(=O)C2(C)C)ccc1OCCN1CCN(CC(=O)Nc2cccc(NC3CCC(=O)NC3=O)c2)CC1. The Morgan fingerprint density at radius 3 is 2.34 bits per heavy atom. The summed E-state index contributed by atoms with van der Waals surface area (Å²) in [4.78, 5) is 59.8. The fourth-order valence-electron chi connectivity index (χ4n) is 7.04. The second-order valence-corrected chi connectivity index (χ2v) is 15.2.